The van der Waals surface area contributed by atoms with Crippen LogP contribution in [-0.4, -0.2) is 23.0 Å². The smallest absolute Gasteiger partial charge is 0.308 e. The molecule has 5 heteroatoms. The first-order valence-corrected chi connectivity index (χ1v) is 7.91. The van der Waals surface area contributed by atoms with E-state index < -0.39 is 0 Å². The first-order chi connectivity index (χ1) is 11.7. The van der Waals surface area contributed by atoms with Gasteiger partial charge in [-0.15, -0.1) is 0 Å². The van der Waals surface area contributed by atoms with Gasteiger partial charge in [-0.25, -0.2) is 5.06 Å². The van der Waals surface area contributed by atoms with Gasteiger partial charge in [-0.2, -0.15) is 0 Å². The molecular weight excluding hydrogens is 306 g/mol. The van der Waals surface area contributed by atoms with E-state index in [9.17, 15) is 9.59 Å². The minimum absolute atomic E-state index is 0.105. The number of amides is 1. The van der Waals surface area contributed by atoms with Crippen LogP contribution < -0.4 is 0 Å². The molecule has 2 aromatic rings. The van der Waals surface area contributed by atoms with Crippen LogP contribution in [0, 0.1) is 0 Å². The summed E-state index contributed by atoms with van der Waals surface area (Å²) in [5.74, 6) is -0.434. The summed E-state index contributed by atoms with van der Waals surface area (Å²) in [5.41, 5.74) is 1.91. The van der Waals surface area contributed by atoms with Gasteiger partial charge in [-0.05, 0) is 11.1 Å². The van der Waals surface area contributed by atoms with Crippen LogP contribution in [0.2, 0.25) is 0 Å². The van der Waals surface area contributed by atoms with Crippen molar-refractivity contribution in [2.45, 2.75) is 32.1 Å². The van der Waals surface area contributed by atoms with Crippen molar-refractivity contribution in [2.75, 3.05) is 0 Å². The first-order valence-electron chi connectivity index (χ1n) is 7.91. The molecule has 1 heterocycles. The summed E-state index contributed by atoms with van der Waals surface area (Å²) in [4.78, 5) is 29.1. The number of β-lactam (4-membered cyclic amide) rings is 1. The number of esters is 1. The van der Waals surface area contributed by atoms with E-state index in [0.29, 0.717) is 13.0 Å². The van der Waals surface area contributed by atoms with Crippen LogP contribution in [0.15, 0.2) is 60.7 Å². The Labute approximate surface area is 140 Å². The number of ether oxygens (including phenoxy) is 1. The van der Waals surface area contributed by atoms with Gasteiger partial charge in [-0.3, -0.25) is 14.4 Å². The van der Waals surface area contributed by atoms with Gasteiger partial charge in [0.05, 0.1) is 18.9 Å². The number of carbonyl (C=O) groups excluding carboxylic acids is 2. The highest BCUT2D eigenvalue weighted by Gasteiger charge is 2.39. The molecule has 0 radical (unpaired) electrons. The normalized spacial score (nSPS) is 16.6. The molecule has 0 spiro atoms. The Morgan fingerprint density at radius 1 is 0.958 bits per heavy atom. The van der Waals surface area contributed by atoms with Crippen LogP contribution in [0.1, 0.15) is 24.0 Å². The highest BCUT2D eigenvalue weighted by atomic mass is 16.7. The molecule has 0 aliphatic carbocycles. The van der Waals surface area contributed by atoms with Gasteiger partial charge in [0.1, 0.15) is 13.2 Å². The first kappa shape index (κ1) is 16.2. The molecule has 1 unspecified atom stereocenters. The predicted molar refractivity (Wildman–Crippen MR) is 87.3 cm³/mol. The van der Waals surface area contributed by atoms with E-state index in [2.05, 4.69) is 0 Å². The maximum atomic E-state index is 11.9. The van der Waals surface area contributed by atoms with Crippen LogP contribution >= 0.6 is 0 Å². The molecule has 0 aromatic heterocycles. The molecule has 0 saturated carbocycles. The molecule has 1 fully saturated rings. The summed E-state index contributed by atoms with van der Waals surface area (Å²) < 4.78 is 5.25. The van der Waals surface area contributed by atoms with Gasteiger partial charge in [0, 0.05) is 0 Å². The molecule has 0 N–H and O–H groups in total. The second kappa shape index (κ2) is 7.75. The molecule has 124 valence electrons. The SMILES string of the molecule is O=C(CC1CC(=O)N1OCc1ccccc1)OCc1ccccc1. The van der Waals surface area contributed by atoms with Crippen molar-refractivity contribution in [3.05, 3.63) is 71.8 Å². The Bertz CT molecular complexity index is 687. The Balaban J connectivity index is 1.44. The van der Waals surface area contributed by atoms with Crippen molar-refractivity contribution in [2.24, 2.45) is 0 Å². The lowest BCUT2D eigenvalue weighted by atomic mass is 10.0. The van der Waals surface area contributed by atoms with E-state index >= 15 is 0 Å². The number of benzene rings is 2. The van der Waals surface area contributed by atoms with Gasteiger partial charge >= 0.3 is 5.97 Å². The summed E-state index contributed by atoms with van der Waals surface area (Å²) in [5, 5.41) is 1.29. The van der Waals surface area contributed by atoms with Crippen LogP contribution in [0.4, 0.5) is 0 Å². The fourth-order valence-electron chi connectivity index (χ4n) is 2.51. The Morgan fingerprint density at radius 3 is 2.12 bits per heavy atom. The second-order valence-electron chi connectivity index (χ2n) is 5.69. The van der Waals surface area contributed by atoms with Gasteiger partial charge < -0.3 is 4.74 Å². The third-order valence-electron chi connectivity index (χ3n) is 3.85. The molecule has 0 bridgehead atoms. The third-order valence-corrected chi connectivity index (χ3v) is 3.85. The summed E-state index contributed by atoms with van der Waals surface area (Å²) in [6, 6.07) is 18.8. The van der Waals surface area contributed by atoms with Gasteiger partial charge in [-0.1, -0.05) is 60.7 Å². The number of carbonyl (C=O) groups is 2. The highest BCUT2D eigenvalue weighted by molar-refractivity contribution is 5.84. The average molecular weight is 325 g/mol. The van der Waals surface area contributed by atoms with E-state index in [-0.39, 0.29) is 30.9 Å². The van der Waals surface area contributed by atoms with Crippen LogP contribution in [0.3, 0.4) is 0 Å². The quantitative estimate of drug-likeness (QED) is 0.580. The highest BCUT2D eigenvalue weighted by Crippen LogP contribution is 2.24. The van der Waals surface area contributed by atoms with Crippen LogP contribution in [-0.2, 0) is 32.4 Å². The van der Waals surface area contributed by atoms with E-state index in [1.807, 2.05) is 60.7 Å². The number of hydroxylamine groups is 2. The fraction of sp³-hybridized carbons (Fsp3) is 0.263. The van der Waals surface area contributed by atoms with Crippen molar-refractivity contribution in [1.82, 2.24) is 5.06 Å². The van der Waals surface area contributed by atoms with Gasteiger partial charge in [0.15, 0.2) is 0 Å². The molecule has 3 rings (SSSR count). The standard InChI is InChI=1S/C19H19NO4/c21-18-11-17(20(18)24-14-16-9-5-2-6-10-16)12-19(22)23-13-15-7-3-1-4-8-15/h1-10,17H,11-14H2. The fourth-order valence-corrected chi connectivity index (χ4v) is 2.51. The van der Waals surface area contributed by atoms with Crippen molar-refractivity contribution >= 4 is 11.9 Å². The number of nitrogens with zero attached hydrogens (tertiary/aromatic N) is 1. The van der Waals surface area contributed by atoms with E-state index in [1.54, 1.807) is 0 Å². The molecule has 1 atom stereocenters. The van der Waals surface area contributed by atoms with Crippen LogP contribution in [0.5, 0.6) is 0 Å². The minimum atomic E-state index is -0.329. The van der Waals surface area contributed by atoms with Crippen LogP contribution in [0.25, 0.3) is 0 Å². The largest absolute Gasteiger partial charge is 0.461 e. The number of hydrogen-bond donors (Lipinski definition) is 0. The lowest BCUT2D eigenvalue weighted by molar-refractivity contribution is -0.234. The zero-order chi connectivity index (χ0) is 16.8. The predicted octanol–water partition coefficient (Wildman–Crippen LogP) is 2.85. The zero-order valence-electron chi connectivity index (χ0n) is 13.3. The van der Waals surface area contributed by atoms with E-state index in [4.69, 9.17) is 9.57 Å². The maximum absolute atomic E-state index is 11.9. The van der Waals surface area contributed by atoms with E-state index in [1.165, 1.54) is 5.06 Å². The summed E-state index contributed by atoms with van der Waals surface area (Å²) >= 11 is 0. The molecule has 5 nitrogen and oxygen atoms in total. The summed E-state index contributed by atoms with van der Waals surface area (Å²) in [6.07, 6.45) is 0.461. The zero-order valence-corrected chi connectivity index (χ0v) is 13.3. The molecule has 2 aromatic carbocycles. The van der Waals surface area contributed by atoms with Crippen molar-refractivity contribution in [3.63, 3.8) is 0 Å². The second-order valence-corrected chi connectivity index (χ2v) is 5.69. The topological polar surface area (TPSA) is 55.8 Å². The minimum Gasteiger partial charge on any atom is -0.461 e. The van der Waals surface area contributed by atoms with Crippen molar-refractivity contribution < 1.29 is 19.2 Å². The van der Waals surface area contributed by atoms with Gasteiger partial charge in [0.2, 0.25) is 5.91 Å². The maximum Gasteiger partial charge on any atom is 0.308 e. The molecule has 1 saturated heterocycles. The van der Waals surface area contributed by atoms with Crippen molar-refractivity contribution in [1.29, 1.82) is 0 Å². The molecule has 24 heavy (non-hydrogen) atoms. The molecular formula is C19H19NO4. The lowest BCUT2D eigenvalue weighted by Crippen LogP contribution is -2.53. The average Bonchev–Trinajstić information content (AvgIpc) is 2.61. The molecule has 1 aliphatic rings. The molecule has 1 amide bonds. The summed E-state index contributed by atoms with van der Waals surface area (Å²) in [7, 11) is 0. The Morgan fingerprint density at radius 2 is 1.54 bits per heavy atom. The Kier molecular flexibility index (Phi) is 5.23. The summed E-state index contributed by atoms with van der Waals surface area (Å²) in [6.45, 7) is 0.549. The van der Waals surface area contributed by atoms with Gasteiger partial charge in [0.25, 0.3) is 0 Å². The Hall–Kier alpha value is -2.66. The third kappa shape index (κ3) is 4.20. The molecule has 1 aliphatic heterocycles. The lowest BCUT2D eigenvalue weighted by Gasteiger charge is -2.38. The van der Waals surface area contributed by atoms with Crippen molar-refractivity contribution in [3.8, 4) is 0 Å². The monoisotopic (exact) mass is 325 g/mol. The number of rotatable bonds is 7. The number of hydrogen-bond acceptors (Lipinski definition) is 4. The van der Waals surface area contributed by atoms with E-state index in [0.717, 1.165) is 11.1 Å².